The first-order valence-corrected chi connectivity index (χ1v) is 7.04. The van der Waals surface area contributed by atoms with Gasteiger partial charge in [0, 0.05) is 32.0 Å². The van der Waals surface area contributed by atoms with Gasteiger partial charge in [0.25, 0.3) is 5.91 Å². The van der Waals surface area contributed by atoms with Gasteiger partial charge in [0.05, 0.1) is 0 Å². The zero-order valence-electron chi connectivity index (χ0n) is 12.2. The van der Waals surface area contributed by atoms with Crippen LogP contribution in [-0.2, 0) is 20.8 Å². The number of hydrazone groups is 1. The number of benzene rings is 1. The number of carbonyl (C=O) groups is 3. The third kappa shape index (κ3) is 2.24. The SMILES string of the molecule is CN1N=C(C(=O)N2c3ccccc3C[C@H]2C(N)=O)CCC1=O. The van der Waals surface area contributed by atoms with Gasteiger partial charge in [0.15, 0.2) is 0 Å². The minimum Gasteiger partial charge on any atom is -0.368 e. The Hall–Kier alpha value is -2.70. The molecule has 0 unspecified atom stereocenters. The topological polar surface area (TPSA) is 96.1 Å². The Labute approximate surface area is 127 Å². The predicted octanol–water partition coefficient (Wildman–Crippen LogP) is 0.0378. The van der Waals surface area contributed by atoms with Crippen molar-refractivity contribution in [3.05, 3.63) is 29.8 Å². The van der Waals surface area contributed by atoms with E-state index in [4.69, 9.17) is 5.73 Å². The standard InChI is InChI=1S/C15H16N4O3/c1-18-13(20)7-6-10(17-18)15(22)19-11-5-3-2-4-9(11)8-12(19)14(16)21/h2-5,12H,6-8H2,1H3,(H2,16,21)/t12-/m0/s1. The van der Waals surface area contributed by atoms with Gasteiger partial charge in [-0.1, -0.05) is 18.2 Å². The van der Waals surface area contributed by atoms with Gasteiger partial charge in [-0.25, -0.2) is 5.01 Å². The van der Waals surface area contributed by atoms with Gasteiger partial charge in [-0.15, -0.1) is 0 Å². The van der Waals surface area contributed by atoms with Crippen molar-refractivity contribution in [2.24, 2.45) is 10.8 Å². The van der Waals surface area contributed by atoms with E-state index in [-0.39, 0.29) is 30.4 Å². The average Bonchev–Trinajstić information content (AvgIpc) is 2.89. The van der Waals surface area contributed by atoms with Crippen LogP contribution in [0.3, 0.4) is 0 Å². The van der Waals surface area contributed by atoms with E-state index in [0.717, 1.165) is 10.6 Å². The molecular formula is C15H16N4O3. The fourth-order valence-electron chi connectivity index (χ4n) is 2.83. The average molecular weight is 300 g/mol. The van der Waals surface area contributed by atoms with Crippen molar-refractivity contribution in [3.63, 3.8) is 0 Å². The van der Waals surface area contributed by atoms with Crippen LogP contribution < -0.4 is 10.6 Å². The zero-order valence-corrected chi connectivity index (χ0v) is 12.2. The van der Waals surface area contributed by atoms with Crippen molar-refractivity contribution < 1.29 is 14.4 Å². The Balaban J connectivity index is 1.98. The lowest BCUT2D eigenvalue weighted by Gasteiger charge is -2.26. The molecule has 1 aromatic rings. The van der Waals surface area contributed by atoms with Crippen LogP contribution >= 0.6 is 0 Å². The van der Waals surface area contributed by atoms with Gasteiger partial charge in [-0.05, 0) is 11.6 Å². The van der Waals surface area contributed by atoms with E-state index in [0.29, 0.717) is 12.1 Å². The van der Waals surface area contributed by atoms with Crippen molar-refractivity contribution in [1.29, 1.82) is 0 Å². The van der Waals surface area contributed by atoms with Crippen LogP contribution in [0.15, 0.2) is 29.4 Å². The van der Waals surface area contributed by atoms with E-state index in [1.54, 1.807) is 12.1 Å². The third-order valence-electron chi connectivity index (χ3n) is 3.98. The molecule has 114 valence electrons. The molecule has 3 rings (SSSR count). The van der Waals surface area contributed by atoms with E-state index in [1.807, 2.05) is 12.1 Å². The highest BCUT2D eigenvalue weighted by atomic mass is 16.2. The van der Waals surface area contributed by atoms with Crippen molar-refractivity contribution in [1.82, 2.24) is 5.01 Å². The van der Waals surface area contributed by atoms with Crippen LogP contribution in [0.25, 0.3) is 0 Å². The summed E-state index contributed by atoms with van der Waals surface area (Å²) >= 11 is 0. The summed E-state index contributed by atoms with van der Waals surface area (Å²) in [5, 5.41) is 5.20. The lowest BCUT2D eigenvalue weighted by molar-refractivity contribution is -0.130. The van der Waals surface area contributed by atoms with E-state index in [2.05, 4.69) is 5.10 Å². The molecule has 0 aromatic heterocycles. The number of hydrogen-bond donors (Lipinski definition) is 1. The van der Waals surface area contributed by atoms with Gasteiger partial charge >= 0.3 is 0 Å². The molecule has 0 saturated heterocycles. The molecule has 0 spiro atoms. The van der Waals surface area contributed by atoms with Gasteiger partial charge in [0.1, 0.15) is 11.8 Å². The lowest BCUT2D eigenvalue weighted by Crippen LogP contribution is -2.49. The molecule has 2 aliphatic heterocycles. The Bertz CT molecular complexity index is 698. The third-order valence-corrected chi connectivity index (χ3v) is 3.98. The number of para-hydroxylation sites is 1. The van der Waals surface area contributed by atoms with Crippen LogP contribution in [0, 0.1) is 0 Å². The van der Waals surface area contributed by atoms with Gasteiger partial charge in [-0.3, -0.25) is 19.3 Å². The second kappa shape index (κ2) is 5.25. The molecule has 2 aliphatic rings. The summed E-state index contributed by atoms with van der Waals surface area (Å²) in [6.45, 7) is 0. The lowest BCUT2D eigenvalue weighted by atomic mass is 10.1. The Morgan fingerprint density at radius 1 is 1.27 bits per heavy atom. The Morgan fingerprint density at radius 3 is 2.68 bits per heavy atom. The number of rotatable bonds is 2. The molecule has 1 atom stereocenters. The Kier molecular flexibility index (Phi) is 3.40. The summed E-state index contributed by atoms with van der Waals surface area (Å²) in [5.74, 6) is -1.05. The van der Waals surface area contributed by atoms with Crippen molar-refractivity contribution >= 4 is 29.1 Å². The van der Waals surface area contributed by atoms with Gasteiger partial charge in [0.2, 0.25) is 11.8 Å². The van der Waals surface area contributed by atoms with Crippen LogP contribution in [0.2, 0.25) is 0 Å². The van der Waals surface area contributed by atoms with Crippen LogP contribution in [0.1, 0.15) is 18.4 Å². The van der Waals surface area contributed by atoms with Gasteiger partial charge < -0.3 is 5.73 Å². The number of anilines is 1. The summed E-state index contributed by atoms with van der Waals surface area (Å²) < 4.78 is 0. The second-order valence-electron chi connectivity index (χ2n) is 5.39. The fourth-order valence-corrected chi connectivity index (χ4v) is 2.83. The maximum Gasteiger partial charge on any atom is 0.275 e. The number of amides is 3. The van der Waals surface area contributed by atoms with Crippen LogP contribution in [0.4, 0.5) is 5.69 Å². The Morgan fingerprint density at radius 2 is 2.00 bits per heavy atom. The molecule has 0 radical (unpaired) electrons. The van der Waals surface area contributed by atoms with E-state index < -0.39 is 11.9 Å². The summed E-state index contributed by atoms with van der Waals surface area (Å²) in [7, 11) is 1.51. The minimum atomic E-state index is -0.712. The van der Waals surface area contributed by atoms with Crippen molar-refractivity contribution in [2.45, 2.75) is 25.3 Å². The molecule has 0 bridgehead atoms. The highest BCUT2D eigenvalue weighted by Crippen LogP contribution is 2.32. The number of fused-ring (bicyclic) bond motifs is 1. The quantitative estimate of drug-likeness (QED) is 0.835. The van der Waals surface area contributed by atoms with Crippen molar-refractivity contribution in [2.75, 3.05) is 11.9 Å². The maximum atomic E-state index is 12.8. The smallest absolute Gasteiger partial charge is 0.275 e. The number of hydrogen-bond acceptors (Lipinski definition) is 4. The first-order chi connectivity index (χ1) is 10.5. The first kappa shape index (κ1) is 14.2. The number of nitrogens with zero attached hydrogens (tertiary/aromatic N) is 3. The molecule has 0 aliphatic carbocycles. The fraction of sp³-hybridized carbons (Fsp3) is 0.333. The molecular weight excluding hydrogens is 284 g/mol. The summed E-state index contributed by atoms with van der Waals surface area (Å²) in [5.41, 5.74) is 7.30. The molecule has 2 N–H and O–H groups in total. The molecule has 0 saturated carbocycles. The van der Waals surface area contributed by atoms with Crippen LogP contribution in [-0.4, -0.2) is 41.5 Å². The minimum absolute atomic E-state index is 0.134. The first-order valence-electron chi connectivity index (χ1n) is 7.04. The molecule has 2 heterocycles. The summed E-state index contributed by atoms with van der Waals surface area (Å²) in [6, 6.07) is 6.61. The zero-order chi connectivity index (χ0) is 15.9. The van der Waals surface area contributed by atoms with E-state index in [9.17, 15) is 14.4 Å². The highest BCUT2D eigenvalue weighted by molar-refractivity contribution is 6.45. The summed E-state index contributed by atoms with van der Waals surface area (Å²) in [6.07, 6.45) is 0.906. The second-order valence-corrected chi connectivity index (χ2v) is 5.39. The van der Waals surface area contributed by atoms with E-state index in [1.165, 1.54) is 11.9 Å². The molecule has 1 aromatic carbocycles. The number of nitrogens with two attached hydrogens (primary N) is 1. The molecule has 3 amide bonds. The number of carbonyl (C=O) groups excluding carboxylic acids is 3. The molecule has 0 fully saturated rings. The molecule has 22 heavy (non-hydrogen) atoms. The molecule has 7 heteroatoms. The van der Waals surface area contributed by atoms with Crippen LogP contribution in [0.5, 0.6) is 0 Å². The largest absolute Gasteiger partial charge is 0.368 e. The maximum absolute atomic E-state index is 12.8. The van der Waals surface area contributed by atoms with Crippen molar-refractivity contribution in [3.8, 4) is 0 Å². The number of primary amides is 1. The summed E-state index contributed by atoms with van der Waals surface area (Å²) in [4.78, 5) is 37.4. The molecule has 7 nitrogen and oxygen atoms in total. The normalized spacial score (nSPS) is 20.7. The monoisotopic (exact) mass is 300 g/mol. The van der Waals surface area contributed by atoms with E-state index >= 15 is 0 Å². The predicted molar refractivity (Wildman–Crippen MR) is 80.1 cm³/mol. The highest BCUT2D eigenvalue weighted by Gasteiger charge is 2.39. The van der Waals surface area contributed by atoms with Gasteiger partial charge in [-0.2, -0.15) is 5.10 Å².